The molecular weight excluding hydrogens is 255 g/mol. The van der Waals surface area contributed by atoms with E-state index in [2.05, 4.69) is 27.6 Å². The van der Waals surface area contributed by atoms with Gasteiger partial charge in [-0.15, -0.1) is 0 Å². The van der Waals surface area contributed by atoms with Gasteiger partial charge in [0.15, 0.2) is 5.75 Å². The minimum Gasteiger partial charge on any atom is -0.494 e. The van der Waals surface area contributed by atoms with Crippen LogP contribution in [0.4, 0.5) is 0 Å². The van der Waals surface area contributed by atoms with Crippen LogP contribution in [0.25, 0.3) is 0 Å². The summed E-state index contributed by atoms with van der Waals surface area (Å²) >= 11 is 2.12. The first-order chi connectivity index (χ1) is 5.27. The standard InChI is InChI=1S/C7H9IN2O/c1-11-6-2-5(3-9)4-10-7(6)8/h2,4H,3,9H2,1H3. The normalized spacial score (nSPS) is 9.73. The van der Waals surface area contributed by atoms with E-state index in [9.17, 15) is 0 Å². The highest BCUT2D eigenvalue weighted by Gasteiger charge is 2.00. The van der Waals surface area contributed by atoms with E-state index in [0.29, 0.717) is 6.54 Å². The monoisotopic (exact) mass is 264 g/mol. The van der Waals surface area contributed by atoms with Gasteiger partial charge in [0.05, 0.1) is 7.11 Å². The molecule has 1 aromatic rings. The van der Waals surface area contributed by atoms with Crippen molar-refractivity contribution in [2.75, 3.05) is 7.11 Å². The molecule has 0 aliphatic heterocycles. The minimum atomic E-state index is 0.500. The van der Waals surface area contributed by atoms with Crippen LogP contribution >= 0.6 is 22.6 Å². The third-order valence-electron chi connectivity index (χ3n) is 1.32. The van der Waals surface area contributed by atoms with Crippen molar-refractivity contribution in [1.82, 2.24) is 4.98 Å². The molecule has 0 aromatic carbocycles. The molecule has 2 N–H and O–H groups in total. The molecule has 3 nitrogen and oxygen atoms in total. The Hall–Kier alpha value is -0.360. The van der Waals surface area contributed by atoms with Gasteiger partial charge in [0.1, 0.15) is 3.70 Å². The molecule has 0 saturated carbocycles. The van der Waals surface area contributed by atoms with Gasteiger partial charge in [0, 0.05) is 12.7 Å². The number of rotatable bonds is 2. The Balaban J connectivity index is 3.02. The van der Waals surface area contributed by atoms with Gasteiger partial charge >= 0.3 is 0 Å². The molecule has 0 amide bonds. The second-order valence-corrected chi connectivity index (χ2v) is 3.06. The highest BCUT2D eigenvalue weighted by Crippen LogP contribution is 2.18. The van der Waals surface area contributed by atoms with E-state index < -0.39 is 0 Å². The lowest BCUT2D eigenvalue weighted by Gasteiger charge is -2.03. The lowest BCUT2D eigenvalue weighted by atomic mass is 10.3. The second-order valence-electron chi connectivity index (χ2n) is 2.04. The summed E-state index contributed by atoms with van der Waals surface area (Å²) in [6.07, 6.45) is 1.75. The fraction of sp³-hybridized carbons (Fsp3) is 0.286. The number of aromatic nitrogens is 1. The lowest BCUT2D eigenvalue weighted by molar-refractivity contribution is 0.408. The molecule has 0 aliphatic rings. The Morgan fingerprint density at radius 3 is 3.00 bits per heavy atom. The summed E-state index contributed by atoms with van der Waals surface area (Å²) in [5.74, 6) is 0.786. The summed E-state index contributed by atoms with van der Waals surface area (Å²) in [7, 11) is 1.62. The van der Waals surface area contributed by atoms with Crippen LogP contribution in [0.5, 0.6) is 5.75 Å². The van der Waals surface area contributed by atoms with Gasteiger partial charge in [-0.25, -0.2) is 4.98 Å². The van der Waals surface area contributed by atoms with Crippen LogP contribution in [0.3, 0.4) is 0 Å². The highest BCUT2D eigenvalue weighted by atomic mass is 127. The maximum Gasteiger partial charge on any atom is 0.151 e. The molecule has 4 heteroatoms. The van der Waals surface area contributed by atoms with E-state index in [4.69, 9.17) is 10.5 Å². The zero-order valence-electron chi connectivity index (χ0n) is 6.17. The molecule has 1 aromatic heterocycles. The Morgan fingerprint density at radius 2 is 2.45 bits per heavy atom. The number of ether oxygens (including phenoxy) is 1. The number of nitrogens with two attached hydrogens (primary N) is 1. The van der Waals surface area contributed by atoms with Gasteiger partial charge in [-0.05, 0) is 34.2 Å². The number of methoxy groups -OCH3 is 1. The number of pyridine rings is 1. The predicted molar refractivity (Wildman–Crippen MR) is 51.4 cm³/mol. The molecule has 60 valence electrons. The van der Waals surface area contributed by atoms with Crippen molar-refractivity contribution < 1.29 is 4.74 Å². The van der Waals surface area contributed by atoms with Crippen LogP contribution in [-0.2, 0) is 6.54 Å². The molecular formula is C7H9IN2O. The van der Waals surface area contributed by atoms with Crippen molar-refractivity contribution >= 4 is 22.6 Å². The van der Waals surface area contributed by atoms with Crippen LogP contribution in [0.15, 0.2) is 12.3 Å². The van der Waals surface area contributed by atoms with Crippen LogP contribution < -0.4 is 10.5 Å². The third-order valence-corrected chi connectivity index (χ3v) is 2.13. The van der Waals surface area contributed by atoms with Crippen molar-refractivity contribution in [2.24, 2.45) is 5.73 Å². The lowest BCUT2D eigenvalue weighted by Crippen LogP contribution is -1.99. The first-order valence-electron chi connectivity index (χ1n) is 3.16. The maximum absolute atomic E-state index is 5.43. The molecule has 0 saturated heterocycles. The van der Waals surface area contributed by atoms with Gasteiger partial charge < -0.3 is 10.5 Å². The fourth-order valence-electron chi connectivity index (χ4n) is 0.723. The Labute approximate surface area is 79.1 Å². The molecule has 0 aliphatic carbocycles. The highest BCUT2D eigenvalue weighted by molar-refractivity contribution is 14.1. The number of halogens is 1. The SMILES string of the molecule is COc1cc(CN)cnc1I. The minimum absolute atomic E-state index is 0.500. The quantitative estimate of drug-likeness (QED) is 0.644. The second kappa shape index (κ2) is 3.87. The molecule has 0 bridgehead atoms. The average molecular weight is 264 g/mol. The van der Waals surface area contributed by atoms with E-state index in [-0.39, 0.29) is 0 Å². The molecule has 0 spiro atoms. The molecule has 0 fully saturated rings. The van der Waals surface area contributed by atoms with Crippen molar-refractivity contribution in [3.8, 4) is 5.75 Å². The Bertz CT molecular complexity index is 252. The van der Waals surface area contributed by atoms with Crippen molar-refractivity contribution in [1.29, 1.82) is 0 Å². The van der Waals surface area contributed by atoms with Gasteiger partial charge in [0.2, 0.25) is 0 Å². The van der Waals surface area contributed by atoms with Crippen molar-refractivity contribution in [3.05, 3.63) is 21.5 Å². The summed E-state index contributed by atoms with van der Waals surface area (Å²) in [5.41, 5.74) is 6.41. The first kappa shape index (κ1) is 8.73. The average Bonchev–Trinajstić information content (AvgIpc) is 2.05. The first-order valence-corrected chi connectivity index (χ1v) is 4.24. The van der Waals surface area contributed by atoms with E-state index in [1.807, 2.05) is 6.07 Å². The van der Waals surface area contributed by atoms with Crippen molar-refractivity contribution in [2.45, 2.75) is 6.54 Å². The van der Waals surface area contributed by atoms with Gasteiger partial charge in [0.25, 0.3) is 0 Å². The summed E-state index contributed by atoms with van der Waals surface area (Å²) in [6.45, 7) is 0.500. The van der Waals surface area contributed by atoms with Crippen LogP contribution in [0, 0.1) is 3.70 Å². The molecule has 11 heavy (non-hydrogen) atoms. The molecule has 1 heterocycles. The van der Waals surface area contributed by atoms with E-state index in [0.717, 1.165) is 15.0 Å². The van der Waals surface area contributed by atoms with Crippen LogP contribution in [-0.4, -0.2) is 12.1 Å². The van der Waals surface area contributed by atoms with E-state index >= 15 is 0 Å². The Morgan fingerprint density at radius 1 is 1.73 bits per heavy atom. The predicted octanol–water partition coefficient (Wildman–Crippen LogP) is 1.15. The van der Waals surface area contributed by atoms with Gasteiger partial charge in [-0.1, -0.05) is 0 Å². The Kier molecular flexibility index (Phi) is 3.07. The number of hydrogen-bond donors (Lipinski definition) is 1. The molecule has 0 radical (unpaired) electrons. The third kappa shape index (κ3) is 2.03. The number of nitrogens with zero attached hydrogens (tertiary/aromatic N) is 1. The molecule has 1 rings (SSSR count). The fourth-order valence-corrected chi connectivity index (χ4v) is 1.24. The number of hydrogen-bond acceptors (Lipinski definition) is 3. The summed E-state index contributed by atoms with van der Waals surface area (Å²) in [4.78, 5) is 4.10. The van der Waals surface area contributed by atoms with Gasteiger partial charge in [-0.3, -0.25) is 0 Å². The maximum atomic E-state index is 5.43. The zero-order valence-corrected chi connectivity index (χ0v) is 8.33. The van der Waals surface area contributed by atoms with Gasteiger partial charge in [-0.2, -0.15) is 0 Å². The van der Waals surface area contributed by atoms with Crippen LogP contribution in [0.1, 0.15) is 5.56 Å². The van der Waals surface area contributed by atoms with E-state index in [1.165, 1.54) is 0 Å². The van der Waals surface area contributed by atoms with E-state index in [1.54, 1.807) is 13.3 Å². The van der Waals surface area contributed by atoms with Crippen LogP contribution in [0.2, 0.25) is 0 Å². The molecule has 0 unspecified atom stereocenters. The topological polar surface area (TPSA) is 48.1 Å². The summed E-state index contributed by atoms with van der Waals surface area (Å²) in [5, 5.41) is 0. The molecule has 0 atom stereocenters. The smallest absolute Gasteiger partial charge is 0.151 e. The zero-order chi connectivity index (χ0) is 8.27. The summed E-state index contributed by atoms with van der Waals surface area (Å²) < 4.78 is 5.93. The summed E-state index contributed by atoms with van der Waals surface area (Å²) in [6, 6.07) is 1.90. The largest absolute Gasteiger partial charge is 0.494 e. The van der Waals surface area contributed by atoms with Crippen molar-refractivity contribution in [3.63, 3.8) is 0 Å².